The van der Waals surface area contributed by atoms with E-state index >= 15 is 0 Å². The van der Waals surface area contributed by atoms with Crippen LogP contribution in [0.15, 0.2) is 58.3 Å². The molecular formula is C25H18FN3O3S. The first-order valence-electron chi connectivity index (χ1n) is 9.97. The van der Waals surface area contributed by atoms with E-state index in [9.17, 15) is 14.0 Å². The van der Waals surface area contributed by atoms with Crippen molar-refractivity contribution >= 4 is 16.2 Å². The lowest BCUT2D eigenvalue weighted by Crippen LogP contribution is -2.38. The number of aromatic nitrogens is 2. The fourth-order valence-electron chi connectivity index (χ4n) is 3.38. The average molecular weight is 460 g/mol. The molecule has 0 fully saturated rings. The van der Waals surface area contributed by atoms with Crippen LogP contribution in [0, 0.1) is 35.9 Å². The summed E-state index contributed by atoms with van der Waals surface area (Å²) in [4.78, 5) is 27.1. The Morgan fingerprint density at radius 1 is 1.12 bits per heavy atom. The minimum Gasteiger partial charge on any atom is -0.494 e. The van der Waals surface area contributed by atoms with E-state index in [2.05, 4.69) is 11.8 Å². The highest BCUT2D eigenvalue weighted by molar-refractivity contribution is 7.18. The Bertz CT molecular complexity index is 1580. The van der Waals surface area contributed by atoms with Crippen LogP contribution in [-0.2, 0) is 13.0 Å². The average Bonchev–Trinajstić information content (AvgIpc) is 3.26. The molecule has 0 aliphatic rings. The third-order valence-corrected chi connectivity index (χ3v) is 6.26. The third kappa shape index (κ3) is 4.43. The molecule has 4 rings (SSSR count). The van der Waals surface area contributed by atoms with Gasteiger partial charge in [-0.1, -0.05) is 30.0 Å². The largest absolute Gasteiger partial charge is 0.494 e. The van der Waals surface area contributed by atoms with E-state index in [0.717, 1.165) is 11.1 Å². The van der Waals surface area contributed by atoms with Crippen LogP contribution < -0.4 is 16.0 Å². The first-order chi connectivity index (χ1) is 15.9. The van der Waals surface area contributed by atoms with Gasteiger partial charge in [-0.15, -0.1) is 11.3 Å². The van der Waals surface area contributed by atoms with Crippen molar-refractivity contribution in [1.82, 2.24) is 8.97 Å². The van der Waals surface area contributed by atoms with E-state index in [1.807, 2.05) is 6.07 Å². The van der Waals surface area contributed by atoms with Gasteiger partial charge >= 0.3 is 5.69 Å². The molecule has 0 amide bonds. The van der Waals surface area contributed by atoms with E-state index in [0.29, 0.717) is 27.3 Å². The van der Waals surface area contributed by atoms with Gasteiger partial charge in [0.2, 0.25) is 0 Å². The number of benzene rings is 2. The van der Waals surface area contributed by atoms with Crippen LogP contribution in [0.3, 0.4) is 0 Å². The van der Waals surface area contributed by atoms with E-state index in [4.69, 9.17) is 10.00 Å². The van der Waals surface area contributed by atoms with Crippen LogP contribution >= 0.6 is 11.3 Å². The number of hydrogen-bond donors (Lipinski definition) is 0. The summed E-state index contributed by atoms with van der Waals surface area (Å²) in [5.41, 5.74) is 1.72. The molecule has 0 saturated heterocycles. The Morgan fingerprint density at radius 2 is 1.85 bits per heavy atom. The van der Waals surface area contributed by atoms with Crippen molar-refractivity contribution in [1.29, 1.82) is 5.26 Å². The van der Waals surface area contributed by atoms with Gasteiger partial charge in [-0.05, 0) is 42.3 Å². The van der Waals surface area contributed by atoms with Crippen molar-refractivity contribution in [3.8, 4) is 23.7 Å². The molecule has 2 aromatic heterocycles. The molecule has 0 N–H and O–H groups in total. The second kappa shape index (κ2) is 9.15. The smallest absolute Gasteiger partial charge is 0.336 e. The second-order valence-electron chi connectivity index (χ2n) is 7.33. The van der Waals surface area contributed by atoms with Gasteiger partial charge in [0.15, 0.2) is 11.6 Å². The quantitative estimate of drug-likeness (QED) is 0.438. The first-order valence-corrected chi connectivity index (χ1v) is 10.8. The summed E-state index contributed by atoms with van der Waals surface area (Å²) < 4.78 is 21.2. The molecule has 0 atom stereocenters. The lowest BCUT2D eigenvalue weighted by atomic mass is 10.1. The summed E-state index contributed by atoms with van der Waals surface area (Å²) in [5, 5.41) is 8.94. The fourth-order valence-corrected chi connectivity index (χ4v) is 4.34. The molecule has 2 heterocycles. The lowest BCUT2D eigenvalue weighted by Gasteiger charge is -2.07. The van der Waals surface area contributed by atoms with Crippen LogP contribution in [0.5, 0.6) is 5.75 Å². The van der Waals surface area contributed by atoms with Crippen LogP contribution in [-0.4, -0.2) is 16.1 Å². The zero-order valence-corrected chi connectivity index (χ0v) is 18.7. The van der Waals surface area contributed by atoms with Crippen LogP contribution in [0.1, 0.15) is 27.1 Å². The number of thiazole rings is 1. The molecule has 0 saturated carbocycles. The standard InChI is InChI=1S/C25H18FN3O3S/c1-16-23(30)28(14-19-8-6-18(13-27)7-9-19)25(31)29-15-20(33-24(16)29)5-3-4-17-10-11-21(26)22(12-17)32-2/h6-12,15H,4,14H2,1-2H3. The van der Waals surface area contributed by atoms with Crippen molar-refractivity contribution in [2.75, 3.05) is 7.11 Å². The van der Waals surface area contributed by atoms with E-state index in [1.54, 1.807) is 49.5 Å². The summed E-state index contributed by atoms with van der Waals surface area (Å²) >= 11 is 1.27. The zero-order valence-electron chi connectivity index (χ0n) is 17.9. The Balaban J connectivity index is 1.65. The van der Waals surface area contributed by atoms with Crippen molar-refractivity contribution in [2.45, 2.75) is 19.9 Å². The van der Waals surface area contributed by atoms with Gasteiger partial charge in [0, 0.05) is 18.2 Å². The number of rotatable bonds is 4. The highest BCUT2D eigenvalue weighted by Gasteiger charge is 2.14. The Labute approximate surface area is 192 Å². The first kappa shape index (κ1) is 22.1. The number of aryl methyl sites for hydroxylation is 1. The topological polar surface area (TPSA) is 76.5 Å². The molecule has 0 aliphatic carbocycles. The summed E-state index contributed by atoms with van der Waals surface area (Å²) in [6, 6.07) is 13.4. The van der Waals surface area contributed by atoms with Crippen molar-refractivity contribution in [2.24, 2.45) is 0 Å². The minimum atomic E-state index is -0.447. The normalized spacial score (nSPS) is 10.5. The van der Waals surface area contributed by atoms with Gasteiger partial charge < -0.3 is 4.74 Å². The summed E-state index contributed by atoms with van der Waals surface area (Å²) in [5.74, 6) is 5.77. The number of halogens is 1. The molecule has 0 spiro atoms. The molecule has 33 heavy (non-hydrogen) atoms. The molecule has 6 nitrogen and oxygen atoms in total. The van der Waals surface area contributed by atoms with Crippen molar-refractivity contribution in [3.05, 3.63) is 102 Å². The Morgan fingerprint density at radius 3 is 2.55 bits per heavy atom. The van der Waals surface area contributed by atoms with Gasteiger partial charge in [-0.3, -0.25) is 13.8 Å². The molecule has 2 aromatic carbocycles. The number of methoxy groups -OCH3 is 1. The molecule has 164 valence electrons. The van der Waals surface area contributed by atoms with Gasteiger partial charge in [0.05, 0.1) is 30.2 Å². The second-order valence-corrected chi connectivity index (χ2v) is 8.36. The number of fused-ring (bicyclic) bond motifs is 1. The van der Waals surface area contributed by atoms with Gasteiger partial charge in [0.1, 0.15) is 4.83 Å². The maximum absolute atomic E-state index is 13.6. The lowest BCUT2D eigenvalue weighted by molar-refractivity contribution is 0.386. The fraction of sp³-hybridized carbons (Fsp3) is 0.160. The minimum absolute atomic E-state index is 0.108. The summed E-state index contributed by atoms with van der Waals surface area (Å²) in [6.07, 6.45) is 2.01. The number of nitrogens with zero attached hydrogens (tertiary/aromatic N) is 3. The van der Waals surface area contributed by atoms with Crippen molar-refractivity contribution < 1.29 is 9.13 Å². The Hall–Kier alpha value is -4.14. The Kier molecular flexibility index (Phi) is 6.12. The summed E-state index contributed by atoms with van der Waals surface area (Å²) in [6.45, 7) is 1.79. The number of nitriles is 1. The highest BCUT2D eigenvalue weighted by Crippen LogP contribution is 2.19. The van der Waals surface area contributed by atoms with Crippen LogP contribution in [0.4, 0.5) is 4.39 Å². The molecule has 0 unspecified atom stereocenters. The maximum atomic E-state index is 13.6. The van der Waals surface area contributed by atoms with Gasteiger partial charge in [0.25, 0.3) is 5.56 Å². The predicted octanol–water partition coefficient (Wildman–Crippen LogP) is 3.49. The molecule has 4 aromatic rings. The molecule has 0 bridgehead atoms. The molecule has 0 aliphatic heterocycles. The van der Waals surface area contributed by atoms with Crippen LogP contribution in [0.2, 0.25) is 0 Å². The van der Waals surface area contributed by atoms with Crippen LogP contribution in [0.25, 0.3) is 4.83 Å². The van der Waals surface area contributed by atoms with Gasteiger partial charge in [-0.25, -0.2) is 9.18 Å². The molecular weight excluding hydrogens is 441 g/mol. The van der Waals surface area contributed by atoms with E-state index in [-0.39, 0.29) is 17.9 Å². The predicted molar refractivity (Wildman–Crippen MR) is 124 cm³/mol. The highest BCUT2D eigenvalue weighted by atomic mass is 32.1. The monoisotopic (exact) mass is 459 g/mol. The third-order valence-electron chi connectivity index (χ3n) is 5.14. The zero-order chi connectivity index (χ0) is 23.5. The summed E-state index contributed by atoms with van der Waals surface area (Å²) in [7, 11) is 1.41. The van der Waals surface area contributed by atoms with Crippen molar-refractivity contribution in [3.63, 3.8) is 0 Å². The number of hydrogen-bond acceptors (Lipinski definition) is 5. The molecule has 8 heteroatoms. The number of ether oxygens (including phenoxy) is 1. The maximum Gasteiger partial charge on any atom is 0.336 e. The molecule has 0 radical (unpaired) electrons. The van der Waals surface area contributed by atoms with Gasteiger partial charge in [-0.2, -0.15) is 5.26 Å². The SMILES string of the molecule is COc1cc(CC#Cc2cn3c(=O)n(Cc4ccc(C#N)cc4)c(=O)c(C)c3s2)ccc1F. The van der Waals surface area contributed by atoms with E-state index < -0.39 is 11.5 Å². The van der Waals surface area contributed by atoms with E-state index in [1.165, 1.54) is 33.5 Å².